The first-order valence-corrected chi connectivity index (χ1v) is 10.8. The van der Waals surface area contributed by atoms with E-state index in [0.29, 0.717) is 0 Å². The molecule has 0 heterocycles. The zero-order chi connectivity index (χ0) is 12.9. The van der Waals surface area contributed by atoms with Crippen molar-refractivity contribution in [3.8, 4) is 0 Å². The van der Waals surface area contributed by atoms with Gasteiger partial charge in [-0.2, -0.15) is 0 Å². The predicted octanol–water partition coefficient (Wildman–Crippen LogP) is 2.99. The molecule has 0 saturated heterocycles. The zero-order valence-corrected chi connectivity index (χ0v) is 14.9. The van der Waals surface area contributed by atoms with Crippen LogP contribution < -0.4 is 0 Å². The Bertz CT molecular complexity index is 129. The molecule has 0 aromatic rings. The number of hydrogen-bond donors (Lipinski definition) is 0. The Labute approximate surface area is 127 Å². The summed E-state index contributed by atoms with van der Waals surface area (Å²) in [6.07, 6.45) is 2.93. The minimum absolute atomic E-state index is 0.171. The monoisotopic (exact) mass is 268 g/mol. The average molecular weight is 269 g/mol. The summed E-state index contributed by atoms with van der Waals surface area (Å²) >= 11 is -0.171. The van der Waals surface area contributed by atoms with Gasteiger partial charge in [0.25, 0.3) is 0 Å². The van der Waals surface area contributed by atoms with Crippen LogP contribution in [0.3, 0.4) is 0 Å². The summed E-state index contributed by atoms with van der Waals surface area (Å²) in [4.78, 5) is 5.11. The fourth-order valence-electron chi connectivity index (χ4n) is 2.28. The van der Waals surface area contributed by atoms with Crippen LogP contribution in [0.25, 0.3) is 0 Å². The Kier molecular flexibility index (Phi) is 14.6. The molecule has 0 amide bonds. The van der Waals surface area contributed by atoms with E-state index in [1.54, 1.807) is 5.04 Å². The van der Waals surface area contributed by atoms with Crippen LogP contribution >= 0.6 is 0 Å². The van der Waals surface area contributed by atoms with Crippen LogP contribution in [0.2, 0.25) is 5.04 Å². The fourth-order valence-corrected chi connectivity index (χ4v) is 4.64. The number of nitrogens with zero attached hydrogens (tertiary/aromatic N) is 2. The van der Waals surface area contributed by atoms with Crippen LogP contribution in [0.5, 0.6) is 0 Å². The first-order chi connectivity index (χ1) is 8.28. The van der Waals surface area contributed by atoms with E-state index in [0.717, 1.165) is 0 Å². The summed E-state index contributed by atoms with van der Waals surface area (Å²) < 4.78 is 3.20. The van der Waals surface area contributed by atoms with Crippen molar-refractivity contribution in [2.75, 3.05) is 39.3 Å². The third kappa shape index (κ3) is 10.8. The summed E-state index contributed by atoms with van der Waals surface area (Å²) in [6.45, 7) is 16.7. The van der Waals surface area contributed by atoms with Crippen LogP contribution in [0.4, 0.5) is 0 Å². The van der Waals surface area contributed by atoms with Crippen molar-refractivity contribution in [2.45, 2.75) is 45.6 Å². The van der Waals surface area contributed by atoms with Gasteiger partial charge in [-0.1, -0.05) is 0 Å². The fraction of sp³-hybridized carbons (Fsp3) is 1.00. The van der Waals surface area contributed by atoms with Crippen molar-refractivity contribution in [3.63, 3.8) is 0 Å². The first kappa shape index (κ1) is 18.2. The van der Waals surface area contributed by atoms with Gasteiger partial charge in [-0.15, -0.1) is 0 Å². The van der Waals surface area contributed by atoms with Gasteiger partial charge >= 0.3 is 128 Å². The maximum absolute atomic E-state index is 2.55. The average Bonchev–Trinajstić information content (AvgIpc) is 2.37. The van der Waals surface area contributed by atoms with Crippen molar-refractivity contribution in [1.82, 2.24) is 9.80 Å². The molecule has 2 nitrogen and oxygen atoms in total. The van der Waals surface area contributed by atoms with Crippen LogP contribution in [0.1, 0.15) is 40.5 Å². The van der Waals surface area contributed by atoms with Gasteiger partial charge in [0.1, 0.15) is 0 Å². The molecule has 0 aromatic heterocycles. The quantitative estimate of drug-likeness (QED) is 0.396. The molecular formula is C14H32CaN2. The van der Waals surface area contributed by atoms with Crippen molar-refractivity contribution < 1.29 is 0 Å². The molecule has 0 atom stereocenters. The summed E-state index contributed by atoms with van der Waals surface area (Å²) in [5.74, 6) is 0. The minimum atomic E-state index is -0.171. The van der Waals surface area contributed by atoms with Gasteiger partial charge < -0.3 is 0 Å². The molecule has 0 spiro atoms. The van der Waals surface area contributed by atoms with Crippen molar-refractivity contribution in [1.29, 1.82) is 0 Å². The van der Waals surface area contributed by atoms with E-state index >= 15 is 0 Å². The van der Waals surface area contributed by atoms with Gasteiger partial charge in [-0.05, 0) is 0 Å². The predicted molar refractivity (Wildman–Crippen MR) is 80.2 cm³/mol. The van der Waals surface area contributed by atoms with Gasteiger partial charge in [0.15, 0.2) is 0 Å². The van der Waals surface area contributed by atoms with Gasteiger partial charge in [-0.25, -0.2) is 0 Å². The van der Waals surface area contributed by atoms with Crippen LogP contribution in [0, 0.1) is 0 Å². The third-order valence-corrected chi connectivity index (χ3v) is 6.86. The van der Waals surface area contributed by atoms with Crippen molar-refractivity contribution in [2.24, 2.45) is 0 Å². The van der Waals surface area contributed by atoms with E-state index < -0.39 is 0 Å². The summed E-state index contributed by atoms with van der Waals surface area (Å²) in [6, 6.07) is 0. The molecule has 100 valence electrons. The topological polar surface area (TPSA) is 6.48 Å². The molecule has 0 radical (unpaired) electrons. The molecule has 0 aliphatic heterocycles. The standard InChI is InChI=1S/2C7H16N.Ca/c2*1-4-7-8(5-2)6-3;/h2*1,4-7H2,2-3H3;. The van der Waals surface area contributed by atoms with E-state index in [1.165, 1.54) is 52.1 Å². The number of hydrogen-bond acceptors (Lipinski definition) is 2. The van der Waals surface area contributed by atoms with Gasteiger partial charge in [-0.3, -0.25) is 0 Å². The van der Waals surface area contributed by atoms with Crippen LogP contribution in [0.15, 0.2) is 0 Å². The van der Waals surface area contributed by atoms with Crippen molar-refractivity contribution in [3.05, 3.63) is 0 Å². The Morgan fingerprint density at radius 2 is 1.00 bits per heavy atom. The summed E-state index contributed by atoms with van der Waals surface area (Å²) in [5.41, 5.74) is 0. The normalized spacial score (nSPS) is 11.2. The van der Waals surface area contributed by atoms with E-state index in [9.17, 15) is 0 Å². The van der Waals surface area contributed by atoms with Gasteiger partial charge in [0.05, 0.1) is 0 Å². The summed E-state index contributed by atoms with van der Waals surface area (Å²) in [5, 5.41) is 0. The SMILES string of the molecule is CCN(CC)CC[CH2][Ca][CH2]CCN(CC)CC. The molecule has 0 N–H and O–H groups in total. The molecule has 0 aromatic carbocycles. The molecular weight excluding hydrogens is 236 g/mol. The molecule has 0 unspecified atom stereocenters. The molecule has 0 fully saturated rings. The third-order valence-electron chi connectivity index (χ3n) is 3.74. The molecule has 0 rings (SSSR count). The molecule has 0 aliphatic rings. The van der Waals surface area contributed by atoms with Crippen LogP contribution in [-0.2, 0) is 0 Å². The molecule has 3 heteroatoms. The van der Waals surface area contributed by atoms with E-state index in [1.807, 2.05) is 0 Å². The molecule has 0 saturated carbocycles. The Balaban J connectivity index is 3.23. The van der Waals surface area contributed by atoms with Gasteiger partial charge in [0, 0.05) is 0 Å². The van der Waals surface area contributed by atoms with E-state index in [2.05, 4.69) is 37.5 Å². The molecule has 17 heavy (non-hydrogen) atoms. The number of rotatable bonds is 12. The van der Waals surface area contributed by atoms with Crippen molar-refractivity contribution >= 4 is 33.8 Å². The zero-order valence-electron chi connectivity index (χ0n) is 12.7. The second-order valence-corrected chi connectivity index (χ2v) is 8.13. The van der Waals surface area contributed by atoms with E-state index in [-0.39, 0.29) is 33.8 Å². The Morgan fingerprint density at radius 3 is 1.29 bits per heavy atom. The molecule has 0 bridgehead atoms. The van der Waals surface area contributed by atoms with Crippen LogP contribution in [-0.4, -0.2) is 82.9 Å². The van der Waals surface area contributed by atoms with E-state index in [4.69, 9.17) is 0 Å². The van der Waals surface area contributed by atoms with Gasteiger partial charge in [0.2, 0.25) is 0 Å². The second kappa shape index (κ2) is 13.6. The summed E-state index contributed by atoms with van der Waals surface area (Å²) in [7, 11) is 0. The Morgan fingerprint density at radius 1 is 0.647 bits per heavy atom. The first-order valence-electron chi connectivity index (χ1n) is 7.73. The maximum atomic E-state index is 2.55. The molecule has 0 aliphatic carbocycles. The second-order valence-electron chi connectivity index (χ2n) is 4.82. The Hall–Kier alpha value is 1.18.